The van der Waals surface area contributed by atoms with Crippen LogP contribution in [0.2, 0.25) is 0 Å². The Balaban J connectivity index is 2.05. The molecule has 1 aromatic rings. The molecule has 2 atom stereocenters. The van der Waals surface area contributed by atoms with Crippen LogP contribution in [-0.2, 0) is 0 Å². The minimum absolute atomic E-state index is 0.408. The molecule has 0 radical (unpaired) electrons. The maximum atomic E-state index is 5.91. The second-order valence-corrected chi connectivity index (χ2v) is 4.17. The van der Waals surface area contributed by atoms with Gasteiger partial charge in [-0.3, -0.25) is 0 Å². The Morgan fingerprint density at radius 1 is 1.21 bits per heavy atom. The fraction of sp³-hybridized carbons (Fsp3) is 0.500. The summed E-state index contributed by atoms with van der Waals surface area (Å²) in [6.45, 7) is 0. The number of nitrogens with two attached hydrogens (primary N) is 1. The van der Waals surface area contributed by atoms with E-state index in [9.17, 15) is 0 Å². The Morgan fingerprint density at radius 3 is 2.50 bits per heavy atom. The summed E-state index contributed by atoms with van der Waals surface area (Å²) in [6, 6.07) is 11.6. The number of nitrogens with zero attached hydrogens (tertiary/aromatic N) is 1. The molecular formula is C12H18N2. The summed E-state index contributed by atoms with van der Waals surface area (Å²) in [5.41, 5.74) is 7.21. The first-order chi connectivity index (χ1) is 6.77. The molecule has 0 saturated heterocycles. The maximum absolute atomic E-state index is 5.91. The SMILES string of the molecule is CN(c1ccccc1)C1CCC(N)C1. The van der Waals surface area contributed by atoms with Crippen LogP contribution in [0.15, 0.2) is 30.3 Å². The molecule has 1 aromatic carbocycles. The Hall–Kier alpha value is -1.02. The molecule has 76 valence electrons. The zero-order valence-electron chi connectivity index (χ0n) is 8.69. The average Bonchev–Trinajstić information content (AvgIpc) is 2.65. The predicted octanol–water partition coefficient (Wildman–Crippen LogP) is 2.00. The normalized spacial score (nSPS) is 26.4. The Bertz CT molecular complexity index is 284. The maximum Gasteiger partial charge on any atom is 0.0366 e. The highest BCUT2D eigenvalue weighted by molar-refractivity contribution is 5.46. The predicted molar refractivity (Wildman–Crippen MR) is 60.5 cm³/mol. The fourth-order valence-electron chi connectivity index (χ4n) is 2.22. The molecule has 1 aliphatic carbocycles. The van der Waals surface area contributed by atoms with E-state index in [-0.39, 0.29) is 0 Å². The van der Waals surface area contributed by atoms with Gasteiger partial charge in [-0.15, -0.1) is 0 Å². The summed E-state index contributed by atoms with van der Waals surface area (Å²) in [5.74, 6) is 0. The van der Waals surface area contributed by atoms with Crippen molar-refractivity contribution in [3.8, 4) is 0 Å². The molecule has 0 bridgehead atoms. The summed E-state index contributed by atoms with van der Waals surface area (Å²) in [6.07, 6.45) is 3.53. The van der Waals surface area contributed by atoms with Crippen LogP contribution < -0.4 is 10.6 Å². The second-order valence-electron chi connectivity index (χ2n) is 4.17. The van der Waals surface area contributed by atoms with Gasteiger partial charge >= 0.3 is 0 Å². The van der Waals surface area contributed by atoms with E-state index in [0.717, 1.165) is 6.42 Å². The van der Waals surface area contributed by atoms with Gasteiger partial charge in [0.05, 0.1) is 0 Å². The lowest BCUT2D eigenvalue weighted by molar-refractivity contribution is 0.632. The van der Waals surface area contributed by atoms with Gasteiger partial charge in [0.2, 0.25) is 0 Å². The Kier molecular flexibility index (Phi) is 2.73. The fourth-order valence-corrected chi connectivity index (χ4v) is 2.22. The van der Waals surface area contributed by atoms with Gasteiger partial charge in [0.1, 0.15) is 0 Å². The molecular weight excluding hydrogens is 172 g/mol. The Labute approximate surface area is 85.7 Å². The molecule has 0 amide bonds. The van der Waals surface area contributed by atoms with Crippen LogP contribution in [0.3, 0.4) is 0 Å². The smallest absolute Gasteiger partial charge is 0.0366 e. The van der Waals surface area contributed by atoms with E-state index in [4.69, 9.17) is 5.73 Å². The van der Waals surface area contributed by atoms with Crippen molar-refractivity contribution in [2.45, 2.75) is 31.3 Å². The number of para-hydroxylation sites is 1. The monoisotopic (exact) mass is 190 g/mol. The van der Waals surface area contributed by atoms with Crippen molar-refractivity contribution < 1.29 is 0 Å². The molecule has 1 fully saturated rings. The van der Waals surface area contributed by atoms with E-state index in [1.807, 2.05) is 0 Å². The van der Waals surface area contributed by atoms with Crippen LogP contribution in [0.5, 0.6) is 0 Å². The lowest BCUT2D eigenvalue weighted by atomic mass is 10.2. The van der Waals surface area contributed by atoms with Gasteiger partial charge in [0.25, 0.3) is 0 Å². The standard InChI is InChI=1S/C12H18N2/c1-14(11-5-3-2-4-6-11)12-8-7-10(13)9-12/h2-6,10,12H,7-9,13H2,1H3. The lowest BCUT2D eigenvalue weighted by Gasteiger charge is -2.26. The topological polar surface area (TPSA) is 29.3 Å². The van der Waals surface area contributed by atoms with Crippen LogP contribution in [0, 0.1) is 0 Å². The molecule has 2 heteroatoms. The highest BCUT2D eigenvalue weighted by Gasteiger charge is 2.24. The zero-order chi connectivity index (χ0) is 9.97. The Morgan fingerprint density at radius 2 is 1.93 bits per heavy atom. The van der Waals surface area contributed by atoms with Gasteiger partial charge in [-0.25, -0.2) is 0 Å². The van der Waals surface area contributed by atoms with Crippen LogP contribution in [-0.4, -0.2) is 19.1 Å². The van der Waals surface area contributed by atoms with Crippen molar-refractivity contribution in [3.63, 3.8) is 0 Å². The van der Waals surface area contributed by atoms with Crippen molar-refractivity contribution in [3.05, 3.63) is 30.3 Å². The van der Waals surface area contributed by atoms with Crippen LogP contribution in [0.4, 0.5) is 5.69 Å². The van der Waals surface area contributed by atoms with Crippen LogP contribution in [0.25, 0.3) is 0 Å². The zero-order valence-corrected chi connectivity index (χ0v) is 8.69. The average molecular weight is 190 g/mol. The minimum Gasteiger partial charge on any atom is -0.372 e. The van der Waals surface area contributed by atoms with Crippen LogP contribution >= 0.6 is 0 Å². The van der Waals surface area contributed by atoms with E-state index in [0.29, 0.717) is 12.1 Å². The van der Waals surface area contributed by atoms with Gasteiger partial charge in [-0.2, -0.15) is 0 Å². The molecule has 2 nitrogen and oxygen atoms in total. The highest BCUT2D eigenvalue weighted by Crippen LogP contribution is 2.25. The van der Waals surface area contributed by atoms with Gasteiger partial charge < -0.3 is 10.6 Å². The van der Waals surface area contributed by atoms with Crippen LogP contribution in [0.1, 0.15) is 19.3 Å². The number of anilines is 1. The molecule has 0 spiro atoms. The number of hydrogen-bond acceptors (Lipinski definition) is 2. The first-order valence-electron chi connectivity index (χ1n) is 5.31. The molecule has 0 heterocycles. The summed E-state index contributed by atoms with van der Waals surface area (Å²) >= 11 is 0. The summed E-state index contributed by atoms with van der Waals surface area (Å²) in [7, 11) is 2.16. The molecule has 14 heavy (non-hydrogen) atoms. The first-order valence-corrected chi connectivity index (χ1v) is 5.31. The third kappa shape index (κ3) is 1.90. The van der Waals surface area contributed by atoms with E-state index in [1.165, 1.54) is 18.5 Å². The quantitative estimate of drug-likeness (QED) is 0.773. The van der Waals surface area contributed by atoms with Crippen molar-refractivity contribution in [2.75, 3.05) is 11.9 Å². The van der Waals surface area contributed by atoms with Gasteiger partial charge in [-0.1, -0.05) is 18.2 Å². The van der Waals surface area contributed by atoms with E-state index < -0.39 is 0 Å². The third-order valence-corrected chi connectivity index (χ3v) is 3.16. The minimum atomic E-state index is 0.408. The molecule has 1 saturated carbocycles. The van der Waals surface area contributed by atoms with E-state index in [2.05, 4.69) is 42.3 Å². The third-order valence-electron chi connectivity index (χ3n) is 3.16. The lowest BCUT2D eigenvalue weighted by Crippen LogP contribution is -2.30. The van der Waals surface area contributed by atoms with Crippen molar-refractivity contribution in [2.24, 2.45) is 5.73 Å². The van der Waals surface area contributed by atoms with E-state index in [1.54, 1.807) is 0 Å². The molecule has 2 N–H and O–H groups in total. The second kappa shape index (κ2) is 4.01. The van der Waals surface area contributed by atoms with Gasteiger partial charge in [0, 0.05) is 24.8 Å². The molecule has 2 rings (SSSR count). The van der Waals surface area contributed by atoms with Gasteiger partial charge in [-0.05, 0) is 31.4 Å². The van der Waals surface area contributed by atoms with Gasteiger partial charge in [0.15, 0.2) is 0 Å². The summed E-state index contributed by atoms with van der Waals surface area (Å²) in [4.78, 5) is 2.35. The molecule has 0 aromatic heterocycles. The van der Waals surface area contributed by atoms with E-state index >= 15 is 0 Å². The summed E-state index contributed by atoms with van der Waals surface area (Å²) in [5, 5.41) is 0. The summed E-state index contributed by atoms with van der Waals surface area (Å²) < 4.78 is 0. The highest BCUT2D eigenvalue weighted by atomic mass is 15.1. The van der Waals surface area contributed by atoms with Crippen molar-refractivity contribution >= 4 is 5.69 Å². The first kappa shape index (κ1) is 9.53. The van der Waals surface area contributed by atoms with Crippen molar-refractivity contribution in [1.82, 2.24) is 0 Å². The molecule has 2 unspecified atom stereocenters. The molecule has 0 aliphatic heterocycles. The molecule has 1 aliphatic rings. The number of rotatable bonds is 2. The largest absolute Gasteiger partial charge is 0.372 e. The number of benzene rings is 1. The van der Waals surface area contributed by atoms with Crippen molar-refractivity contribution in [1.29, 1.82) is 0 Å². The number of hydrogen-bond donors (Lipinski definition) is 1.